The van der Waals surface area contributed by atoms with Crippen molar-refractivity contribution in [3.8, 4) is 0 Å². The number of rotatable bonds is 0. The molecule has 0 spiro atoms. The molecule has 2 nitrogen and oxygen atoms in total. The molecule has 0 atom stereocenters. The maximum atomic E-state index is 5.55. The summed E-state index contributed by atoms with van der Waals surface area (Å²) < 4.78 is 0. The average molecular weight is 245 g/mol. The van der Waals surface area contributed by atoms with Crippen molar-refractivity contribution < 1.29 is 0 Å². The molecule has 0 aliphatic heterocycles. The predicted octanol–water partition coefficient (Wildman–Crippen LogP) is 2.27. The summed E-state index contributed by atoms with van der Waals surface area (Å²) in [5.74, 6) is 0. The highest BCUT2D eigenvalue weighted by Gasteiger charge is 2.00. The molecule has 1 aromatic carbocycles. The van der Waals surface area contributed by atoms with Gasteiger partial charge >= 0.3 is 0 Å². The lowest BCUT2D eigenvalue weighted by molar-refractivity contribution is 1.36. The second-order valence-corrected chi connectivity index (χ2v) is 2.87. The lowest BCUT2D eigenvalue weighted by atomic mass is 10.3. The van der Waals surface area contributed by atoms with E-state index in [4.69, 9.17) is 11.5 Å². The van der Waals surface area contributed by atoms with E-state index < -0.39 is 0 Å². The monoisotopic (exact) mass is 244 g/mol. The van der Waals surface area contributed by atoms with Crippen LogP contribution in [0.4, 0.5) is 11.4 Å². The molecule has 0 saturated carbocycles. The number of thiol groups is 2. The van der Waals surface area contributed by atoms with Gasteiger partial charge in [0, 0.05) is 10.6 Å². The Morgan fingerprint density at radius 3 is 1.92 bits per heavy atom. The third-order valence-electron chi connectivity index (χ3n) is 1.23. The first kappa shape index (κ1) is 14.6. The maximum Gasteiger partial charge on any atom is 0.0606 e. The fraction of sp³-hybridized carbons (Fsp3) is 0. The van der Waals surface area contributed by atoms with Crippen molar-refractivity contribution in [2.75, 3.05) is 11.5 Å². The van der Waals surface area contributed by atoms with Crippen molar-refractivity contribution in [3.05, 3.63) is 12.1 Å². The van der Waals surface area contributed by atoms with Crippen LogP contribution in [0, 0.1) is 0 Å². The molecule has 0 bridgehead atoms. The third-order valence-corrected chi connectivity index (χ3v) is 2.11. The van der Waals surface area contributed by atoms with Gasteiger partial charge in [-0.2, -0.15) is 0 Å². The van der Waals surface area contributed by atoms with Crippen molar-refractivity contribution in [1.82, 2.24) is 0 Å². The van der Waals surface area contributed by atoms with E-state index in [1.54, 1.807) is 12.1 Å². The molecule has 0 fully saturated rings. The summed E-state index contributed by atoms with van der Waals surface area (Å²) in [6, 6.07) is 3.47. The molecule has 0 heterocycles. The minimum absolute atomic E-state index is 0. The number of nitrogen functional groups attached to an aromatic ring is 2. The topological polar surface area (TPSA) is 52.0 Å². The van der Waals surface area contributed by atoms with Crippen molar-refractivity contribution in [1.29, 1.82) is 0 Å². The maximum absolute atomic E-state index is 5.55. The van der Waals surface area contributed by atoms with Crippen LogP contribution >= 0.6 is 50.1 Å². The van der Waals surface area contributed by atoms with Gasteiger partial charge in [-0.1, -0.05) is 0 Å². The Morgan fingerprint density at radius 1 is 1.00 bits per heavy atom. The van der Waals surface area contributed by atoms with E-state index in [0.29, 0.717) is 21.2 Å². The van der Waals surface area contributed by atoms with E-state index in [-0.39, 0.29) is 24.8 Å². The molecule has 0 saturated heterocycles. The van der Waals surface area contributed by atoms with Crippen LogP contribution in [0.3, 0.4) is 0 Å². The van der Waals surface area contributed by atoms with E-state index in [2.05, 4.69) is 25.3 Å². The highest BCUT2D eigenvalue weighted by molar-refractivity contribution is 7.81. The molecule has 1 aromatic rings. The molecule has 0 amide bonds. The molecule has 1 rings (SSSR count). The van der Waals surface area contributed by atoms with Crippen LogP contribution in [0.15, 0.2) is 21.9 Å². The first-order valence-corrected chi connectivity index (χ1v) is 3.58. The summed E-state index contributed by atoms with van der Waals surface area (Å²) >= 11 is 8.17. The zero-order valence-corrected chi connectivity index (χ0v) is 9.44. The minimum atomic E-state index is 0. The van der Waals surface area contributed by atoms with Crippen LogP contribution in [0.1, 0.15) is 0 Å². The fourth-order valence-electron chi connectivity index (χ4n) is 0.614. The van der Waals surface area contributed by atoms with Gasteiger partial charge in [0.05, 0.1) is 10.6 Å². The molecule has 0 unspecified atom stereocenters. The Balaban J connectivity index is 0. The highest BCUT2D eigenvalue weighted by Crippen LogP contribution is 2.28. The Morgan fingerprint density at radius 2 is 1.50 bits per heavy atom. The number of benzene rings is 1. The van der Waals surface area contributed by atoms with Crippen LogP contribution in [0.2, 0.25) is 0 Å². The van der Waals surface area contributed by atoms with E-state index in [0.717, 1.165) is 0 Å². The van der Waals surface area contributed by atoms with E-state index in [9.17, 15) is 0 Å². The van der Waals surface area contributed by atoms with Gasteiger partial charge in [-0.05, 0) is 12.1 Å². The molecule has 0 radical (unpaired) electrons. The number of hydrogen-bond donors (Lipinski definition) is 4. The second-order valence-electron chi connectivity index (χ2n) is 1.94. The minimum Gasteiger partial charge on any atom is -0.398 e. The summed E-state index contributed by atoms with van der Waals surface area (Å²) in [5.41, 5.74) is 12.2. The van der Waals surface area contributed by atoms with Crippen molar-refractivity contribution >= 4 is 61.4 Å². The van der Waals surface area contributed by atoms with Gasteiger partial charge < -0.3 is 11.5 Å². The Hall–Kier alpha value is 0.1000. The summed E-state index contributed by atoms with van der Waals surface area (Å²) in [6.45, 7) is 0. The molecular formula is C6H10Cl2N2S2. The largest absolute Gasteiger partial charge is 0.398 e. The number of hydrogen-bond acceptors (Lipinski definition) is 4. The number of halogens is 2. The van der Waals surface area contributed by atoms with Gasteiger partial charge in [0.1, 0.15) is 0 Å². The summed E-state index contributed by atoms with van der Waals surface area (Å²) in [5, 5.41) is 0. The van der Waals surface area contributed by atoms with Gasteiger partial charge in [-0.3, -0.25) is 0 Å². The molecule has 12 heavy (non-hydrogen) atoms. The van der Waals surface area contributed by atoms with Gasteiger partial charge in [0.15, 0.2) is 0 Å². The van der Waals surface area contributed by atoms with Crippen LogP contribution in [0.25, 0.3) is 0 Å². The Labute approximate surface area is 94.7 Å². The van der Waals surface area contributed by atoms with Gasteiger partial charge in [-0.15, -0.1) is 50.1 Å². The number of nitrogens with two attached hydrogens (primary N) is 2. The van der Waals surface area contributed by atoms with Crippen molar-refractivity contribution in [2.24, 2.45) is 0 Å². The zero-order chi connectivity index (χ0) is 7.72. The third kappa shape index (κ3) is 2.86. The quantitative estimate of drug-likeness (QED) is 0.418. The lowest BCUT2D eigenvalue weighted by Gasteiger charge is -2.04. The van der Waals surface area contributed by atoms with Crippen LogP contribution in [-0.2, 0) is 0 Å². The van der Waals surface area contributed by atoms with E-state index in [1.165, 1.54) is 0 Å². The average Bonchev–Trinajstić information content (AvgIpc) is 1.93. The Kier molecular flexibility index (Phi) is 6.94. The lowest BCUT2D eigenvalue weighted by Crippen LogP contribution is -1.93. The fourth-order valence-corrected chi connectivity index (χ4v) is 1.08. The Bertz CT molecular complexity index is 241. The molecule has 6 heteroatoms. The van der Waals surface area contributed by atoms with E-state index in [1.807, 2.05) is 0 Å². The first-order chi connectivity index (χ1) is 4.63. The standard InChI is InChI=1S/C6H8N2S2.2ClH/c7-3-1-2-4(9)5(8)6(3)10;;/h1-2,9-10H,7-8H2;2*1H. The summed E-state index contributed by atoms with van der Waals surface area (Å²) in [7, 11) is 0. The summed E-state index contributed by atoms with van der Waals surface area (Å²) in [4.78, 5) is 1.31. The molecule has 4 N–H and O–H groups in total. The molecule has 0 aromatic heterocycles. The van der Waals surface area contributed by atoms with Crippen LogP contribution in [0.5, 0.6) is 0 Å². The molecule has 0 aliphatic rings. The van der Waals surface area contributed by atoms with Crippen LogP contribution in [-0.4, -0.2) is 0 Å². The van der Waals surface area contributed by atoms with Gasteiger partial charge in [0.25, 0.3) is 0 Å². The molecular weight excluding hydrogens is 235 g/mol. The van der Waals surface area contributed by atoms with Crippen molar-refractivity contribution in [2.45, 2.75) is 9.79 Å². The normalized spacial score (nSPS) is 8.17. The molecule has 70 valence electrons. The smallest absolute Gasteiger partial charge is 0.0606 e. The zero-order valence-electron chi connectivity index (χ0n) is 6.02. The summed E-state index contributed by atoms with van der Waals surface area (Å²) in [6.07, 6.45) is 0. The van der Waals surface area contributed by atoms with Gasteiger partial charge in [0.2, 0.25) is 0 Å². The SMILES string of the molecule is Cl.Cl.Nc1ccc(S)c(N)c1S. The first-order valence-electron chi connectivity index (χ1n) is 2.69. The molecule has 0 aliphatic carbocycles. The predicted molar refractivity (Wildman–Crippen MR) is 64.3 cm³/mol. The number of anilines is 2. The highest BCUT2D eigenvalue weighted by atomic mass is 35.5. The van der Waals surface area contributed by atoms with E-state index >= 15 is 0 Å². The van der Waals surface area contributed by atoms with Crippen molar-refractivity contribution in [3.63, 3.8) is 0 Å². The second kappa shape index (κ2) is 5.70. The van der Waals surface area contributed by atoms with Gasteiger partial charge in [-0.25, -0.2) is 0 Å². The van der Waals surface area contributed by atoms with Crippen LogP contribution < -0.4 is 11.5 Å².